The van der Waals surface area contributed by atoms with Crippen LogP contribution in [0.5, 0.6) is 0 Å². The fraction of sp³-hybridized carbons (Fsp3) is 0.833. The predicted molar refractivity (Wildman–Crippen MR) is 88.7 cm³/mol. The average Bonchev–Trinajstić information content (AvgIpc) is 3.05. The highest BCUT2D eigenvalue weighted by molar-refractivity contribution is 5.39. The molecule has 2 aliphatic rings. The van der Waals surface area contributed by atoms with Gasteiger partial charge in [0.2, 0.25) is 0 Å². The molecular formula is C18H31N3. The van der Waals surface area contributed by atoms with E-state index >= 15 is 0 Å². The standard InChI is InChI=1S/C18H31N3/c1-13(18(2,3)4)11-15-12-17-19-10-9-16(21(17)20-15)14-7-5-6-8-14/h12-14,16,19H,5-11H2,1-4H3. The Morgan fingerprint density at radius 1 is 1.29 bits per heavy atom. The summed E-state index contributed by atoms with van der Waals surface area (Å²) in [5.74, 6) is 2.77. The normalized spacial score (nSPS) is 24.7. The molecule has 1 aromatic rings. The van der Waals surface area contributed by atoms with E-state index in [0.29, 0.717) is 17.4 Å². The van der Waals surface area contributed by atoms with Crippen molar-refractivity contribution in [1.29, 1.82) is 0 Å². The topological polar surface area (TPSA) is 29.9 Å². The Morgan fingerprint density at radius 2 is 2.00 bits per heavy atom. The molecule has 2 unspecified atom stereocenters. The molecule has 0 spiro atoms. The van der Waals surface area contributed by atoms with Gasteiger partial charge in [-0.25, -0.2) is 4.68 Å². The van der Waals surface area contributed by atoms with Crippen molar-refractivity contribution in [3.63, 3.8) is 0 Å². The molecule has 2 heterocycles. The molecule has 3 nitrogen and oxygen atoms in total. The third kappa shape index (κ3) is 3.12. The minimum absolute atomic E-state index is 0.350. The summed E-state index contributed by atoms with van der Waals surface area (Å²) in [7, 11) is 0. The number of anilines is 1. The van der Waals surface area contributed by atoms with Crippen molar-refractivity contribution in [1.82, 2.24) is 9.78 Å². The van der Waals surface area contributed by atoms with Gasteiger partial charge in [-0.05, 0) is 42.9 Å². The summed E-state index contributed by atoms with van der Waals surface area (Å²) in [5.41, 5.74) is 1.62. The second-order valence-corrected chi connectivity index (χ2v) is 8.26. The molecule has 1 fully saturated rings. The molecular weight excluding hydrogens is 258 g/mol. The number of nitrogens with zero attached hydrogens (tertiary/aromatic N) is 2. The molecule has 21 heavy (non-hydrogen) atoms. The van der Waals surface area contributed by atoms with Gasteiger partial charge in [0, 0.05) is 12.6 Å². The van der Waals surface area contributed by atoms with E-state index in [-0.39, 0.29) is 0 Å². The van der Waals surface area contributed by atoms with Crippen LogP contribution in [0.1, 0.15) is 71.5 Å². The van der Waals surface area contributed by atoms with Crippen molar-refractivity contribution in [3.8, 4) is 0 Å². The number of hydrogen-bond donors (Lipinski definition) is 1. The van der Waals surface area contributed by atoms with Crippen molar-refractivity contribution >= 4 is 5.82 Å². The monoisotopic (exact) mass is 289 g/mol. The predicted octanol–water partition coefficient (Wildman–Crippen LogP) is 4.65. The second-order valence-electron chi connectivity index (χ2n) is 8.26. The van der Waals surface area contributed by atoms with Gasteiger partial charge in [0.25, 0.3) is 0 Å². The summed E-state index contributed by atoms with van der Waals surface area (Å²) < 4.78 is 2.32. The number of aromatic nitrogens is 2. The molecule has 118 valence electrons. The van der Waals surface area contributed by atoms with Crippen LogP contribution in [-0.4, -0.2) is 16.3 Å². The Hall–Kier alpha value is -0.990. The molecule has 1 saturated carbocycles. The molecule has 2 atom stereocenters. The zero-order valence-electron chi connectivity index (χ0n) is 14.2. The van der Waals surface area contributed by atoms with Crippen LogP contribution in [0.4, 0.5) is 5.82 Å². The number of hydrogen-bond acceptors (Lipinski definition) is 2. The van der Waals surface area contributed by atoms with E-state index in [1.54, 1.807) is 0 Å². The van der Waals surface area contributed by atoms with Gasteiger partial charge in [0.15, 0.2) is 0 Å². The van der Waals surface area contributed by atoms with E-state index in [1.807, 2.05) is 0 Å². The van der Waals surface area contributed by atoms with E-state index in [2.05, 4.69) is 43.8 Å². The summed E-state index contributed by atoms with van der Waals surface area (Å²) >= 11 is 0. The Bertz CT molecular complexity index is 477. The molecule has 1 aromatic heterocycles. The Morgan fingerprint density at radius 3 is 2.67 bits per heavy atom. The van der Waals surface area contributed by atoms with Crippen LogP contribution in [0, 0.1) is 17.3 Å². The summed E-state index contributed by atoms with van der Waals surface area (Å²) in [4.78, 5) is 0. The van der Waals surface area contributed by atoms with E-state index in [4.69, 9.17) is 5.10 Å². The summed E-state index contributed by atoms with van der Waals surface area (Å²) in [5, 5.41) is 8.53. The van der Waals surface area contributed by atoms with E-state index in [0.717, 1.165) is 18.9 Å². The van der Waals surface area contributed by atoms with Gasteiger partial charge in [-0.3, -0.25) is 0 Å². The van der Waals surface area contributed by atoms with Gasteiger partial charge in [-0.1, -0.05) is 40.5 Å². The van der Waals surface area contributed by atoms with Crippen LogP contribution in [0.2, 0.25) is 0 Å². The zero-order chi connectivity index (χ0) is 15.0. The Kier molecular flexibility index (Phi) is 4.02. The lowest BCUT2D eigenvalue weighted by atomic mass is 9.79. The van der Waals surface area contributed by atoms with Gasteiger partial charge < -0.3 is 5.32 Å². The van der Waals surface area contributed by atoms with Crippen LogP contribution in [-0.2, 0) is 6.42 Å². The lowest BCUT2D eigenvalue weighted by Crippen LogP contribution is -2.28. The number of rotatable bonds is 3. The first kappa shape index (κ1) is 14.9. The van der Waals surface area contributed by atoms with Crippen molar-refractivity contribution in [2.75, 3.05) is 11.9 Å². The van der Waals surface area contributed by atoms with Gasteiger partial charge in [0.05, 0.1) is 11.7 Å². The molecule has 0 aromatic carbocycles. The number of nitrogens with one attached hydrogen (secondary N) is 1. The maximum absolute atomic E-state index is 4.98. The molecule has 0 radical (unpaired) electrons. The van der Waals surface area contributed by atoms with Crippen molar-refractivity contribution < 1.29 is 0 Å². The molecule has 1 aliphatic carbocycles. The van der Waals surface area contributed by atoms with Crippen LogP contribution in [0.3, 0.4) is 0 Å². The maximum Gasteiger partial charge on any atom is 0.124 e. The smallest absolute Gasteiger partial charge is 0.124 e. The van der Waals surface area contributed by atoms with Gasteiger partial charge in [0.1, 0.15) is 5.82 Å². The highest BCUT2D eigenvalue weighted by atomic mass is 15.4. The molecule has 1 N–H and O–H groups in total. The van der Waals surface area contributed by atoms with E-state index in [1.165, 1.54) is 43.6 Å². The van der Waals surface area contributed by atoms with Gasteiger partial charge >= 0.3 is 0 Å². The zero-order valence-corrected chi connectivity index (χ0v) is 14.2. The lowest BCUT2D eigenvalue weighted by molar-refractivity contribution is 0.255. The van der Waals surface area contributed by atoms with Crippen LogP contribution >= 0.6 is 0 Å². The highest BCUT2D eigenvalue weighted by Crippen LogP contribution is 2.39. The molecule has 3 rings (SSSR count). The minimum atomic E-state index is 0.350. The summed E-state index contributed by atoms with van der Waals surface area (Å²) in [6.07, 6.45) is 7.96. The van der Waals surface area contributed by atoms with Crippen LogP contribution in [0.15, 0.2) is 6.07 Å². The maximum atomic E-state index is 4.98. The van der Waals surface area contributed by atoms with E-state index < -0.39 is 0 Å². The van der Waals surface area contributed by atoms with E-state index in [9.17, 15) is 0 Å². The fourth-order valence-electron chi connectivity index (χ4n) is 3.80. The van der Waals surface area contributed by atoms with Gasteiger partial charge in [-0.2, -0.15) is 5.10 Å². The Balaban J connectivity index is 1.77. The summed E-state index contributed by atoms with van der Waals surface area (Å²) in [6.45, 7) is 10.4. The first-order chi connectivity index (χ1) is 9.95. The first-order valence-corrected chi connectivity index (χ1v) is 8.77. The van der Waals surface area contributed by atoms with Gasteiger partial charge in [-0.15, -0.1) is 0 Å². The third-order valence-electron chi connectivity index (χ3n) is 5.78. The largest absolute Gasteiger partial charge is 0.370 e. The molecule has 1 aliphatic heterocycles. The van der Waals surface area contributed by atoms with Crippen molar-refractivity contribution in [3.05, 3.63) is 11.8 Å². The van der Waals surface area contributed by atoms with Crippen molar-refractivity contribution in [2.45, 2.75) is 72.3 Å². The molecule has 0 amide bonds. The quantitative estimate of drug-likeness (QED) is 0.877. The SMILES string of the molecule is CC(Cc1cc2n(n1)C(C1CCCC1)CCN2)C(C)(C)C. The first-order valence-electron chi connectivity index (χ1n) is 8.77. The highest BCUT2D eigenvalue weighted by Gasteiger charge is 2.31. The lowest BCUT2D eigenvalue weighted by Gasteiger charge is -2.30. The molecule has 3 heteroatoms. The van der Waals surface area contributed by atoms with Crippen molar-refractivity contribution in [2.24, 2.45) is 17.3 Å². The molecule has 0 saturated heterocycles. The minimum Gasteiger partial charge on any atom is -0.370 e. The Labute approximate surface area is 129 Å². The fourth-order valence-corrected chi connectivity index (χ4v) is 3.80. The number of fused-ring (bicyclic) bond motifs is 1. The third-order valence-corrected chi connectivity index (χ3v) is 5.78. The average molecular weight is 289 g/mol. The molecule has 0 bridgehead atoms. The van der Waals surface area contributed by atoms with Crippen LogP contribution < -0.4 is 5.32 Å². The van der Waals surface area contributed by atoms with Crippen LogP contribution in [0.25, 0.3) is 0 Å². The summed E-state index contributed by atoms with van der Waals surface area (Å²) in [6, 6.07) is 2.94. The second kappa shape index (κ2) is 5.66.